The molecule has 0 heterocycles. The molecule has 0 unspecified atom stereocenters. The van der Waals surface area contributed by atoms with Gasteiger partial charge >= 0.3 is 215 Å². The van der Waals surface area contributed by atoms with Crippen LogP contribution in [-0.2, 0) is 16.0 Å². The Kier molecular flexibility index (Phi) is 14.9. The zero-order valence-corrected chi connectivity index (χ0v) is 29.0. The Morgan fingerprint density at radius 2 is 1.70 bits per heavy atom. The van der Waals surface area contributed by atoms with E-state index in [1.165, 1.54) is 70.1 Å². The van der Waals surface area contributed by atoms with Crippen LogP contribution < -0.4 is 3.58 Å². The summed E-state index contributed by atoms with van der Waals surface area (Å²) >= 11 is -2.39. The van der Waals surface area contributed by atoms with Gasteiger partial charge < -0.3 is 4.74 Å². The Bertz CT molecular complexity index is 929. The van der Waals surface area contributed by atoms with E-state index in [9.17, 15) is 9.90 Å². The molecule has 2 aliphatic rings. The topological polar surface area (TPSA) is 46.5 Å². The number of ether oxygens (including phenoxy) is 1. The summed E-state index contributed by atoms with van der Waals surface area (Å²) in [6, 6.07) is 9.83. The minimum atomic E-state index is -2.39. The minimum absolute atomic E-state index is 0.107. The van der Waals surface area contributed by atoms with Gasteiger partial charge in [-0.2, -0.15) is 0 Å². The Balaban J connectivity index is 1.56. The van der Waals surface area contributed by atoms with Crippen molar-refractivity contribution in [3.8, 4) is 0 Å². The van der Waals surface area contributed by atoms with E-state index in [1.54, 1.807) is 3.58 Å². The van der Waals surface area contributed by atoms with Crippen molar-refractivity contribution in [3.63, 3.8) is 0 Å². The molecule has 1 saturated carbocycles. The number of allylic oxidation sites excluding steroid dienone is 3. The Labute approximate surface area is 250 Å². The summed E-state index contributed by atoms with van der Waals surface area (Å²) in [5, 5.41) is 10.8. The molecule has 1 aromatic rings. The molecule has 1 aromatic carbocycles. The van der Waals surface area contributed by atoms with E-state index in [4.69, 9.17) is 4.74 Å². The predicted molar refractivity (Wildman–Crippen MR) is 173 cm³/mol. The molecule has 0 radical (unpaired) electrons. The first-order valence-corrected chi connectivity index (χ1v) is 24.1. The third kappa shape index (κ3) is 9.75. The summed E-state index contributed by atoms with van der Waals surface area (Å²) in [6.45, 7) is 7.08. The van der Waals surface area contributed by atoms with E-state index in [0.717, 1.165) is 44.9 Å². The van der Waals surface area contributed by atoms with Crippen LogP contribution >= 0.6 is 0 Å². The van der Waals surface area contributed by atoms with Crippen LogP contribution in [0.15, 0.2) is 48.1 Å². The second-order valence-corrected chi connectivity index (χ2v) is 26.0. The summed E-state index contributed by atoms with van der Waals surface area (Å²) in [5.41, 5.74) is 3.04. The number of aliphatic hydroxyl groups is 1. The number of esters is 1. The Morgan fingerprint density at radius 1 is 1.00 bits per heavy atom. The van der Waals surface area contributed by atoms with E-state index in [-0.39, 0.29) is 18.0 Å². The first-order chi connectivity index (χ1) is 19.5. The molecular formula is C36H58O3Sn. The molecule has 1 N–H and O–H groups in total. The van der Waals surface area contributed by atoms with Crippen molar-refractivity contribution in [1.82, 2.24) is 0 Å². The van der Waals surface area contributed by atoms with Gasteiger partial charge in [0.15, 0.2) is 0 Å². The van der Waals surface area contributed by atoms with E-state index in [1.807, 2.05) is 0 Å². The third-order valence-electron chi connectivity index (χ3n) is 9.83. The maximum atomic E-state index is 11.4. The van der Waals surface area contributed by atoms with Crippen molar-refractivity contribution >= 4 is 27.9 Å². The van der Waals surface area contributed by atoms with Gasteiger partial charge in [-0.15, -0.1) is 0 Å². The van der Waals surface area contributed by atoms with Gasteiger partial charge in [0.05, 0.1) is 7.11 Å². The van der Waals surface area contributed by atoms with E-state index in [2.05, 4.69) is 63.3 Å². The number of hydrogen-bond acceptors (Lipinski definition) is 3. The monoisotopic (exact) mass is 658 g/mol. The summed E-state index contributed by atoms with van der Waals surface area (Å²) < 4.78 is 11.1. The SMILES string of the molecule is CCC[CH2][Sn]([CH2]CCC)([CH2]CCC)[c]1cccc(CC/C=C/[C@@H]2[C@H]3CC(CCCCC(=O)OC)=C[C@H]3C[C@H]2O)c1. The summed E-state index contributed by atoms with van der Waals surface area (Å²) in [6.07, 6.45) is 22.8. The standard InChI is InChI=1S/C24H31O3.3C4H9.Sn/c1-27-24(26)14-8-6-12-19-15-20-17-23(25)21(22(20)16-19)13-7-5-11-18-9-3-2-4-10-18;3*1-3-4-2;/h2-3,7,9-10,13,15,20-23,25H,5-6,8,11-12,14,16-17H2,1H3;3*1,3-4H2,2H3;/b13-7+;;;;/t20-,21+,22-,23+;;;;/m0..../s1. The molecule has 0 aliphatic heterocycles. The number of aliphatic hydroxyl groups excluding tert-OH is 1. The molecule has 3 nitrogen and oxygen atoms in total. The van der Waals surface area contributed by atoms with Crippen molar-refractivity contribution in [3.05, 3.63) is 53.6 Å². The quantitative estimate of drug-likeness (QED) is 0.0700. The molecule has 0 amide bonds. The predicted octanol–water partition coefficient (Wildman–Crippen LogP) is 8.91. The summed E-state index contributed by atoms with van der Waals surface area (Å²) in [7, 11) is 1.46. The number of aryl methyl sites for hydroxylation is 1. The molecular weight excluding hydrogens is 599 g/mol. The van der Waals surface area contributed by atoms with Crippen LogP contribution in [0.3, 0.4) is 0 Å². The third-order valence-corrected chi connectivity index (χ3v) is 25.4. The van der Waals surface area contributed by atoms with Crippen LogP contribution in [0.25, 0.3) is 0 Å². The fraction of sp³-hybridized carbons (Fsp3) is 0.694. The van der Waals surface area contributed by atoms with Crippen molar-refractivity contribution in [2.24, 2.45) is 17.8 Å². The molecule has 3 rings (SSSR count). The van der Waals surface area contributed by atoms with Gasteiger partial charge in [0.1, 0.15) is 0 Å². The fourth-order valence-corrected chi connectivity index (χ4v) is 23.5. The van der Waals surface area contributed by atoms with Gasteiger partial charge in [-0.3, -0.25) is 4.79 Å². The number of benzene rings is 1. The second-order valence-electron chi connectivity index (χ2n) is 12.8. The van der Waals surface area contributed by atoms with Gasteiger partial charge in [0.2, 0.25) is 0 Å². The maximum absolute atomic E-state index is 11.4. The molecule has 0 spiro atoms. The normalized spacial score (nSPS) is 22.6. The molecule has 224 valence electrons. The molecule has 40 heavy (non-hydrogen) atoms. The summed E-state index contributed by atoms with van der Waals surface area (Å²) in [4.78, 5) is 11.4. The number of carbonyl (C=O) groups is 1. The summed E-state index contributed by atoms with van der Waals surface area (Å²) in [5.74, 6) is 1.24. The molecule has 4 heteroatoms. The number of hydrogen-bond donors (Lipinski definition) is 1. The molecule has 4 atom stereocenters. The first-order valence-electron chi connectivity index (χ1n) is 16.7. The average Bonchev–Trinajstić information content (AvgIpc) is 3.49. The molecule has 1 fully saturated rings. The van der Waals surface area contributed by atoms with Crippen LogP contribution in [0, 0.1) is 17.8 Å². The van der Waals surface area contributed by atoms with Crippen LogP contribution in [0.2, 0.25) is 13.3 Å². The van der Waals surface area contributed by atoms with Crippen LogP contribution in [0.1, 0.15) is 110 Å². The van der Waals surface area contributed by atoms with E-state index < -0.39 is 18.4 Å². The second kappa shape index (κ2) is 17.8. The van der Waals surface area contributed by atoms with Crippen molar-refractivity contribution in [2.45, 2.75) is 130 Å². The van der Waals surface area contributed by atoms with Crippen molar-refractivity contribution in [2.75, 3.05) is 7.11 Å². The zero-order valence-electron chi connectivity index (χ0n) is 26.1. The number of rotatable bonds is 19. The number of methoxy groups -OCH3 is 1. The number of unbranched alkanes of at least 4 members (excludes halogenated alkanes) is 4. The van der Waals surface area contributed by atoms with Gasteiger partial charge in [-0.05, 0) is 12.8 Å². The van der Waals surface area contributed by atoms with Crippen LogP contribution in [0.4, 0.5) is 0 Å². The number of fused-ring (bicyclic) bond motifs is 1. The van der Waals surface area contributed by atoms with E-state index >= 15 is 0 Å². The zero-order chi connectivity index (χ0) is 28.8. The first kappa shape index (κ1) is 33.4. The Morgan fingerprint density at radius 3 is 2.35 bits per heavy atom. The van der Waals surface area contributed by atoms with Crippen LogP contribution in [0.5, 0.6) is 0 Å². The average molecular weight is 658 g/mol. The van der Waals surface area contributed by atoms with Gasteiger partial charge in [-0.25, -0.2) is 0 Å². The van der Waals surface area contributed by atoms with Crippen molar-refractivity contribution in [1.29, 1.82) is 0 Å². The Hall–Kier alpha value is -1.07. The van der Waals surface area contributed by atoms with Gasteiger partial charge in [-0.1, -0.05) is 0 Å². The molecule has 2 aliphatic carbocycles. The van der Waals surface area contributed by atoms with Gasteiger partial charge in [0, 0.05) is 6.42 Å². The van der Waals surface area contributed by atoms with E-state index in [0.29, 0.717) is 18.3 Å². The molecule has 0 saturated heterocycles. The fourth-order valence-electron chi connectivity index (χ4n) is 7.43. The molecule has 0 aromatic heterocycles. The number of carbonyl (C=O) groups excluding carboxylic acids is 1. The molecule has 0 bridgehead atoms. The van der Waals surface area contributed by atoms with Crippen molar-refractivity contribution < 1.29 is 14.6 Å². The van der Waals surface area contributed by atoms with Gasteiger partial charge in [0.25, 0.3) is 0 Å². The van der Waals surface area contributed by atoms with Crippen LogP contribution in [-0.4, -0.2) is 42.7 Å².